The minimum Gasteiger partial charge on any atom is -0.391 e. The summed E-state index contributed by atoms with van der Waals surface area (Å²) in [5, 5.41) is 6.48. The number of rotatable bonds is 1. The molecule has 0 amide bonds. The van der Waals surface area contributed by atoms with Crippen molar-refractivity contribution in [3.05, 3.63) is 22.5 Å². The van der Waals surface area contributed by atoms with Gasteiger partial charge in [-0.15, -0.1) is 0 Å². The molecule has 0 bridgehead atoms. The molecule has 11 heavy (non-hydrogen) atoms. The molecule has 0 radical (unpaired) electrons. The van der Waals surface area contributed by atoms with Gasteiger partial charge in [-0.3, -0.25) is 0 Å². The molecular formula is C9H16N2. The molecule has 0 saturated carbocycles. The van der Waals surface area contributed by atoms with E-state index < -0.39 is 0 Å². The molecule has 0 saturated heterocycles. The fourth-order valence-electron chi connectivity index (χ4n) is 1.28. The maximum absolute atomic E-state index is 3.32. The predicted octanol–water partition coefficient (Wildman–Crippen LogP) is 1.38. The van der Waals surface area contributed by atoms with Gasteiger partial charge in [0, 0.05) is 25.0 Å². The van der Waals surface area contributed by atoms with Crippen molar-refractivity contribution in [2.45, 2.75) is 20.8 Å². The second-order valence-electron chi connectivity index (χ2n) is 2.96. The van der Waals surface area contributed by atoms with Crippen LogP contribution in [0.25, 0.3) is 0 Å². The summed E-state index contributed by atoms with van der Waals surface area (Å²) in [7, 11) is 1.96. The van der Waals surface area contributed by atoms with E-state index in [0.29, 0.717) is 0 Å². The molecule has 0 aromatic carbocycles. The summed E-state index contributed by atoms with van der Waals surface area (Å²) >= 11 is 0. The molecule has 1 heterocycles. The lowest BCUT2D eigenvalue weighted by atomic mass is 10.1. The van der Waals surface area contributed by atoms with Crippen LogP contribution in [0.1, 0.15) is 20.8 Å². The average molecular weight is 152 g/mol. The molecule has 0 fully saturated rings. The van der Waals surface area contributed by atoms with E-state index in [-0.39, 0.29) is 0 Å². The van der Waals surface area contributed by atoms with Crippen molar-refractivity contribution < 1.29 is 0 Å². The first-order chi connectivity index (χ1) is 5.16. The van der Waals surface area contributed by atoms with Crippen molar-refractivity contribution >= 4 is 0 Å². The van der Waals surface area contributed by atoms with E-state index in [1.807, 2.05) is 7.05 Å². The van der Waals surface area contributed by atoms with Gasteiger partial charge in [0.15, 0.2) is 0 Å². The lowest BCUT2D eigenvalue weighted by molar-refractivity contribution is 0.900. The van der Waals surface area contributed by atoms with Crippen LogP contribution in [0.4, 0.5) is 0 Å². The Kier molecular flexibility index (Phi) is 2.22. The summed E-state index contributed by atoms with van der Waals surface area (Å²) < 4.78 is 0. The first-order valence-electron chi connectivity index (χ1n) is 3.96. The van der Waals surface area contributed by atoms with E-state index in [9.17, 15) is 0 Å². The second-order valence-corrected chi connectivity index (χ2v) is 2.96. The Morgan fingerprint density at radius 1 is 1.45 bits per heavy atom. The van der Waals surface area contributed by atoms with Crippen molar-refractivity contribution in [2.75, 3.05) is 13.6 Å². The molecule has 1 rings (SSSR count). The van der Waals surface area contributed by atoms with E-state index >= 15 is 0 Å². The van der Waals surface area contributed by atoms with Crippen LogP contribution in [0.15, 0.2) is 22.5 Å². The Balaban J connectivity index is 2.94. The molecule has 62 valence electrons. The largest absolute Gasteiger partial charge is 0.391 e. The van der Waals surface area contributed by atoms with Crippen LogP contribution >= 0.6 is 0 Å². The van der Waals surface area contributed by atoms with Crippen molar-refractivity contribution in [3.63, 3.8) is 0 Å². The lowest BCUT2D eigenvalue weighted by Gasteiger charge is -2.05. The average Bonchev–Trinajstić information content (AvgIpc) is 2.32. The standard InChI is InChI=1S/C9H16N2/c1-6-7(2)11-5-9(6)8(3)10-4/h10-11H,5H2,1-4H3/b9-8+. The summed E-state index contributed by atoms with van der Waals surface area (Å²) in [5.74, 6) is 0. The van der Waals surface area contributed by atoms with E-state index in [2.05, 4.69) is 31.4 Å². The topological polar surface area (TPSA) is 24.1 Å². The van der Waals surface area contributed by atoms with Gasteiger partial charge in [0.25, 0.3) is 0 Å². The van der Waals surface area contributed by atoms with Crippen LogP contribution in [0, 0.1) is 0 Å². The van der Waals surface area contributed by atoms with Crippen LogP contribution in [-0.2, 0) is 0 Å². The molecule has 1 aliphatic rings. The Bertz CT molecular complexity index is 224. The van der Waals surface area contributed by atoms with E-state index in [1.165, 1.54) is 22.5 Å². The minimum atomic E-state index is 0.977. The highest BCUT2D eigenvalue weighted by atomic mass is 14.9. The van der Waals surface area contributed by atoms with Crippen molar-refractivity contribution in [1.82, 2.24) is 10.6 Å². The zero-order valence-corrected chi connectivity index (χ0v) is 7.71. The van der Waals surface area contributed by atoms with Crippen LogP contribution in [0.5, 0.6) is 0 Å². The van der Waals surface area contributed by atoms with Crippen LogP contribution < -0.4 is 10.6 Å². The zero-order chi connectivity index (χ0) is 8.43. The third-order valence-corrected chi connectivity index (χ3v) is 2.37. The molecule has 2 nitrogen and oxygen atoms in total. The molecule has 0 aliphatic carbocycles. The quantitative estimate of drug-likeness (QED) is 0.593. The van der Waals surface area contributed by atoms with E-state index in [0.717, 1.165) is 6.54 Å². The molecule has 0 spiro atoms. The highest BCUT2D eigenvalue weighted by molar-refractivity contribution is 5.41. The third-order valence-electron chi connectivity index (χ3n) is 2.37. The van der Waals surface area contributed by atoms with Crippen LogP contribution in [-0.4, -0.2) is 13.6 Å². The monoisotopic (exact) mass is 152 g/mol. The SMILES string of the molecule is CN/C(C)=C1\CNC(C)=C1C. The second kappa shape index (κ2) is 2.99. The van der Waals surface area contributed by atoms with E-state index in [1.54, 1.807) is 0 Å². The fraction of sp³-hybridized carbons (Fsp3) is 0.556. The molecule has 2 heteroatoms. The third kappa shape index (κ3) is 1.39. The normalized spacial score (nSPS) is 21.8. The van der Waals surface area contributed by atoms with Crippen molar-refractivity contribution in [1.29, 1.82) is 0 Å². The Labute approximate surface area is 68.4 Å². The molecule has 2 N–H and O–H groups in total. The molecule has 0 unspecified atom stereocenters. The lowest BCUT2D eigenvalue weighted by Crippen LogP contribution is -2.10. The molecule has 1 aliphatic heterocycles. The highest BCUT2D eigenvalue weighted by Crippen LogP contribution is 2.20. The van der Waals surface area contributed by atoms with Gasteiger partial charge in [-0.05, 0) is 31.9 Å². The first-order valence-corrected chi connectivity index (χ1v) is 3.96. The predicted molar refractivity (Wildman–Crippen MR) is 48.1 cm³/mol. The van der Waals surface area contributed by atoms with Gasteiger partial charge in [0.2, 0.25) is 0 Å². The number of allylic oxidation sites excluding steroid dienone is 2. The Hall–Kier alpha value is -0.920. The highest BCUT2D eigenvalue weighted by Gasteiger charge is 2.13. The van der Waals surface area contributed by atoms with Crippen LogP contribution in [0.2, 0.25) is 0 Å². The maximum Gasteiger partial charge on any atom is 0.0418 e. The summed E-state index contributed by atoms with van der Waals surface area (Å²) in [5.41, 5.74) is 5.36. The summed E-state index contributed by atoms with van der Waals surface area (Å²) in [6, 6.07) is 0. The Morgan fingerprint density at radius 3 is 2.45 bits per heavy atom. The first kappa shape index (κ1) is 8.18. The zero-order valence-electron chi connectivity index (χ0n) is 7.71. The minimum absolute atomic E-state index is 0.977. The number of hydrogen-bond donors (Lipinski definition) is 2. The summed E-state index contributed by atoms with van der Waals surface area (Å²) in [4.78, 5) is 0. The van der Waals surface area contributed by atoms with Gasteiger partial charge in [0.1, 0.15) is 0 Å². The fourth-order valence-corrected chi connectivity index (χ4v) is 1.28. The van der Waals surface area contributed by atoms with Gasteiger partial charge in [-0.1, -0.05) is 0 Å². The van der Waals surface area contributed by atoms with Gasteiger partial charge < -0.3 is 10.6 Å². The smallest absolute Gasteiger partial charge is 0.0418 e. The molecular weight excluding hydrogens is 136 g/mol. The Morgan fingerprint density at radius 2 is 2.09 bits per heavy atom. The molecule has 0 aromatic heterocycles. The van der Waals surface area contributed by atoms with E-state index in [4.69, 9.17) is 0 Å². The molecule has 0 aromatic rings. The van der Waals surface area contributed by atoms with Gasteiger partial charge >= 0.3 is 0 Å². The summed E-state index contributed by atoms with van der Waals surface area (Å²) in [6.07, 6.45) is 0. The molecule has 0 atom stereocenters. The number of hydrogen-bond acceptors (Lipinski definition) is 2. The maximum atomic E-state index is 3.32. The van der Waals surface area contributed by atoms with Crippen LogP contribution in [0.3, 0.4) is 0 Å². The van der Waals surface area contributed by atoms with Gasteiger partial charge in [-0.25, -0.2) is 0 Å². The number of nitrogens with one attached hydrogen (secondary N) is 2. The van der Waals surface area contributed by atoms with Crippen molar-refractivity contribution in [3.8, 4) is 0 Å². The summed E-state index contributed by atoms with van der Waals surface area (Å²) in [6.45, 7) is 7.36. The van der Waals surface area contributed by atoms with Gasteiger partial charge in [0.05, 0.1) is 0 Å². The van der Waals surface area contributed by atoms with Crippen molar-refractivity contribution in [2.24, 2.45) is 0 Å². The van der Waals surface area contributed by atoms with Gasteiger partial charge in [-0.2, -0.15) is 0 Å².